The van der Waals surface area contributed by atoms with Crippen molar-refractivity contribution in [3.05, 3.63) is 30.1 Å². The van der Waals surface area contributed by atoms with Crippen LogP contribution in [0.2, 0.25) is 0 Å². The topological polar surface area (TPSA) is 56.2 Å². The standard InChI is InChI=1S/C19H27N3O2/c1-4-13(2)12-22-16-9-6-5-8-15(16)21-18(22)14(3)20-19(23)17-10-7-11-24-17/h5-6,8-9,13-14,17H,4,7,10-12H2,1-3H3,(H,20,23). The van der Waals surface area contributed by atoms with Gasteiger partial charge in [0.15, 0.2) is 0 Å². The molecule has 0 bridgehead atoms. The summed E-state index contributed by atoms with van der Waals surface area (Å²) in [5, 5.41) is 3.08. The van der Waals surface area contributed by atoms with E-state index in [0.717, 1.165) is 42.7 Å². The molecule has 0 aliphatic carbocycles. The molecule has 0 spiro atoms. The molecule has 1 fully saturated rings. The number of imidazole rings is 1. The van der Waals surface area contributed by atoms with E-state index in [9.17, 15) is 4.79 Å². The largest absolute Gasteiger partial charge is 0.368 e. The number of carbonyl (C=O) groups is 1. The molecule has 0 saturated carbocycles. The van der Waals surface area contributed by atoms with Gasteiger partial charge in [0.25, 0.3) is 0 Å². The number of hydrogen-bond donors (Lipinski definition) is 1. The second-order valence-corrected chi connectivity index (χ2v) is 6.81. The van der Waals surface area contributed by atoms with Crippen LogP contribution in [0.5, 0.6) is 0 Å². The van der Waals surface area contributed by atoms with Crippen LogP contribution in [-0.4, -0.2) is 28.2 Å². The van der Waals surface area contributed by atoms with Crippen molar-refractivity contribution in [1.29, 1.82) is 0 Å². The number of aromatic nitrogens is 2. The van der Waals surface area contributed by atoms with Crippen molar-refractivity contribution < 1.29 is 9.53 Å². The Bertz CT molecular complexity index is 704. The Kier molecular flexibility index (Phi) is 5.19. The van der Waals surface area contributed by atoms with Gasteiger partial charge < -0.3 is 14.6 Å². The summed E-state index contributed by atoms with van der Waals surface area (Å²) in [5.41, 5.74) is 2.11. The van der Waals surface area contributed by atoms with Gasteiger partial charge in [-0.05, 0) is 37.8 Å². The van der Waals surface area contributed by atoms with Crippen LogP contribution >= 0.6 is 0 Å². The van der Waals surface area contributed by atoms with E-state index in [-0.39, 0.29) is 18.1 Å². The Labute approximate surface area is 143 Å². The number of para-hydroxylation sites is 2. The first-order valence-corrected chi connectivity index (χ1v) is 8.97. The van der Waals surface area contributed by atoms with Gasteiger partial charge in [-0.3, -0.25) is 4.79 Å². The van der Waals surface area contributed by atoms with E-state index in [1.165, 1.54) is 0 Å². The maximum absolute atomic E-state index is 12.4. The molecule has 5 nitrogen and oxygen atoms in total. The van der Waals surface area contributed by atoms with E-state index in [4.69, 9.17) is 9.72 Å². The molecule has 3 unspecified atom stereocenters. The van der Waals surface area contributed by atoms with Crippen LogP contribution in [0.4, 0.5) is 0 Å². The van der Waals surface area contributed by atoms with E-state index in [1.54, 1.807) is 0 Å². The lowest BCUT2D eigenvalue weighted by Gasteiger charge is -2.20. The maximum atomic E-state index is 12.4. The number of nitrogens with zero attached hydrogens (tertiary/aromatic N) is 2. The molecule has 1 amide bonds. The normalized spacial score (nSPS) is 20.2. The lowest BCUT2D eigenvalue weighted by Crippen LogP contribution is -2.36. The van der Waals surface area contributed by atoms with Gasteiger partial charge in [-0.1, -0.05) is 32.4 Å². The second kappa shape index (κ2) is 7.34. The summed E-state index contributed by atoms with van der Waals surface area (Å²) in [6.07, 6.45) is 2.57. The van der Waals surface area contributed by atoms with Crippen molar-refractivity contribution in [3.8, 4) is 0 Å². The minimum atomic E-state index is -0.306. The quantitative estimate of drug-likeness (QED) is 0.883. The van der Waals surface area contributed by atoms with E-state index < -0.39 is 0 Å². The van der Waals surface area contributed by atoms with Gasteiger partial charge >= 0.3 is 0 Å². The van der Waals surface area contributed by atoms with Crippen molar-refractivity contribution in [3.63, 3.8) is 0 Å². The van der Waals surface area contributed by atoms with Crippen molar-refractivity contribution >= 4 is 16.9 Å². The van der Waals surface area contributed by atoms with Gasteiger partial charge in [-0.15, -0.1) is 0 Å². The van der Waals surface area contributed by atoms with Crippen molar-refractivity contribution in [2.24, 2.45) is 5.92 Å². The Morgan fingerprint density at radius 1 is 1.42 bits per heavy atom. The fourth-order valence-corrected chi connectivity index (χ4v) is 3.21. The highest BCUT2D eigenvalue weighted by atomic mass is 16.5. The fourth-order valence-electron chi connectivity index (χ4n) is 3.21. The number of hydrogen-bond acceptors (Lipinski definition) is 3. The lowest BCUT2D eigenvalue weighted by atomic mass is 10.1. The van der Waals surface area contributed by atoms with Crippen LogP contribution in [0.15, 0.2) is 24.3 Å². The van der Waals surface area contributed by atoms with E-state index >= 15 is 0 Å². The van der Waals surface area contributed by atoms with Gasteiger partial charge in [0.05, 0.1) is 17.1 Å². The van der Waals surface area contributed by atoms with E-state index in [0.29, 0.717) is 12.5 Å². The molecule has 1 aliphatic rings. The Hall–Kier alpha value is -1.88. The molecule has 2 heterocycles. The van der Waals surface area contributed by atoms with Crippen LogP contribution < -0.4 is 5.32 Å². The zero-order valence-corrected chi connectivity index (χ0v) is 14.8. The van der Waals surface area contributed by atoms with Gasteiger partial charge in [-0.25, -0.2) is 4.98 Å². The molecule has 5 heteroatoms. The van der Waals surface area contributed by atoms with Crippen molar-refractivity contribution in [1.82, 2.24) is 14.9 Å². The summed E-state index contributed by atoms with van der Waals surface area (Å²) >= 11 is 0. The molecule has 1 N–H and O–H groups in total. The highest BCUT2D eigenvalue weighted by molar-refractivity contribution is 5.81. The molecule has 24 heavy (non-hydrogen) atoms. The molecule has 130 valence electrons. The third kappa shape index (κ3) is 3.46. The van der Waals surface area contributed by atoms with Crippen LogP contribution in [0, 0.1) is 5.92 Å². The number of amides is 1. The minimum absolute atomic E-state index is 0.0258. The molecule has 1 aromatic heterocycles. The third-order valence-electron chi connectivity index (χ3n) is 4.84. The van der Waals surface area contributed by atoms with Gasteiger partial charge in [0, 0.05) is 13.2 Å². The number of rotatable bonds is 6. The average molecular weight is 329 g/mol. The summed E-state index contributed by atoms with van der Waals surface area (Å²) in [4.78, 5) is 17.1. The molecule has 2 aromatic rings. The second-order valence-electron chi connectivity index (χ2n) is 6.81. The number of fused-ring (bicyclic) bond motifs is 1. The predicted molar refractivity (Wildman–Crippen MR) is 94.7 cm³/mol. The van der Waals surface area contributed by atoms with Crippen LogP contribution in [-0.2, 0) is 16.1 Å². The maximum Gasteiger partial charge on any atom is 0.249 e. The van der Waals surface area contributed by atoms with Gasteiger partial charge in [-0.2, -0.15) is 0 Å². The lowest BCUT2D eigenvalue weighted by molar-refractivity contribution is -0.130. The van der Waals surface area contributed by atoms with Crippen molar-refractivity contribution in [2.75, 3.05) is 6.61 Å². The first kappa shape index (κ1) is 17.0. The summed E-state index contributed by atoms with van der Waals surface area (Å²) in [7, 11) is 0. The molecular formula is C19H27N3O2. The molecule has 1 saturated heterocycles. The molecule has 1 aromatic carbocycles. The summed E-state index contributed by atoms with van der Waals surface area (Å²) in [6, 6.07) is 8.03. The SMILES string of the molecule is CCC(C)Cn1c(C(C)NC(=O)C2CCCO2)nc2ccccc21. The highest BCUT2D eigenvalue weighted by Gasteiger charge is 2.26. The Morgan fingerprint density at radius 3 is 2.92 bits per heavy atom. The Balaban J connectivity index is 1.86. The van der Waals surface area contributed by atoms with Crippen LogP contribution in [0.25, 0.3) is 11.0 Å². The number of benzene rings is 1. The average Bonchev–Trinajstić information content (AvgIpc) is 3.23. The van der Waals surface area contributed by atoms with Crippen LogP contribution in [0.3, 0.4) is 0 Å². The molecule has 0 radical (unpaired) electrons. The molecular weight excluding hydrogens is 302 g/mol. The minimum Gasteiger partial charge on any atom is -0.368 e. The number of carbonyl (C=O) groups excluding carboxylic acids is 1. The first-order valence-electron chi connectivity index (χ1n) is 8.97. The first-order chi connectivity index (χ1) is 11.6. The van der Waals surface area contributed by atoms with E-state index in [2.05, 4.69) is 29.8 Å². The summed E-state index contributed by atoms with van der Waals surface area (Å²) in [6.45, 7) is 8.03. The molecule has 3 rings (SSSR count). The number of ether oxygens (including phenoxy) is 1. The predicted octanol–water partition coefficient (Wildman–Crippen LogP) is 3.44. The fraction of sp³-hybridized carbons (Fsp3) is 0.579. The monoisotopic (exact) mass is 329 g/mol. The van der Waals surface area contributed by atoms with Gasteiger partial charge in [0.1, 0.15) is 11.9 Å². The van der Waals surface area contributed by atoms with Gasteiger partial charge in [0.2, 0.25) is 5.91 Å². The summed E-state index contributed by atoms with van der Waals surface area (Å²) < 4.78 is 7.74. The van der Waals surface area contributed by atoms with E-state index in [1.807, 2.05) is 25.1 Å². The molecule has 1 aliphatic heterocycles. The molecule has 3 atom stereocenters. The smallest absolute Gasteiger partial charge is 0.249 e. The van der Waals surface area contributed by atoms with Crippen LogP contribution in [0.1, 0.15) is 51.9 Å². The zero-order valence-electron chi connectivity index (χ0n) is 14.8. The number of nitrogens with one attached hydrogen (secondary N) is 1. The summed E-state index contributed by atoms with van der Waals surface area (Å²) in [5.74, 6) is 1.45. The third-order valence-corrected chi connectivity index (χ3v) is 4.84. The highest BCUT2D eigenvalue weighted by Crippen LogP contribution is 2.23. The Morgan fingerprint density at radius 2 is 2.21 bits per heavy atom. The zero-order chi connectivity index (χ0) is 17.1. The van der Waals surface area contributed by atoms with Crippen molar-refractivity contribution in [2.45, 2.75) is 58.7 Å².